The maximum Gasteiger partial charge on any atom is -0.0128 e. The first kappa shape index (κ1) is 17.8. The van der Waals surface area contributed by atoms with E-state index in [1.807, 2.05) is 19.9 Å². The predicted molar refractivity (Wildman–Crippen MR) is 106 cm³/mol. The number of rotatable bonds is 2. The molecule has 0 amide bonds. The first-order valence-electron chi connectivity index (χ1n) is 10.4. The molecule has 24 heavy (non-hydrogen) atoms. The maximum atomic E-state index is 3.93. The van der Waals surface area contributed by atoms with Gasteiger partial charge in [0.25, 0.3) is 0 Å². The van der Waals surface area contributed by atoms with Gasteiger partial charge >= 0.3 is 0 Å². The Bertz CT molecular complexity index is 584. The minimum atomic E-state index is 0.680. The van der Waals surface area contributed by atoms with E-state index in [2.05, 4.69) is 38.6 Å². The molecular formula is C24H36. The highest BCUT2D eigenvalue weighted by molar-refractivity contribution is 5.51. The second-order valence-corrected chi connectivity index (χ2v) is 8.18. The van der Waals surface area contributed by atoms with Crippen LogP contribution in [0, 0.1) is 23.2 Å². The van der Waals surface area contributed by atoms with E-state index < -0.39 is 0 Å². The summed E-state index contributed by atoms with van der Waals surface area (Å²) in [6.45, 7) is 12.9. The number of benzene rings is 1. The largest absolute Gasteiger partial charge is 0.0985 e. The maximum absolute atomic E-state index is 3.93. The smallest absolute Gasteiger partial charge is 0.0128 e. The van der Waals surface area contributed by atoms with Crippen LogP contribution in [0.2, 0.25) is 0 Å². The van der Waals surface area contributed by atoms with Crippen LogP contribution in [0.4, 0.5) is 0 Å². The molecule has 0 heteroatoms. The fourth-order valence-corrected chi connectivity index (χ4v) is 6.59. The lowest BCUT2D eigenvalue weighted by molar-refractivity contribution is 0.0137. The van der Waals surface area contributed by atoms with Gasteiger partial charge in [0.15, 0.2) is 0 Å². The van der Waals surface area contributed by atoms with Crippen molar-refractivity contribution < 1.29 is 0 Å². The highest BCUT2D eigenvalue weighted by Gasteiger charge is 2.54. The first-order chi connectivity index (χ1) is 11.7. The van der Waals surface area contributed by atoms with Crippen LogP contribution >= 0.6 is 0 Å². The molecule has 1 aromatic carbocycles. The second-order valence-electron chi connectivity index (χ2n) is 8.18. The van der Waals surface area contributed by atoms with Crippen LogP contribution < -0.4 is 0 Å². The summed E-state index contributed by atoms with van der Waals surface area (Å²) < 4.78 is 0. The Balaban J connectivity index is 0.000000815. The summed E-state index contributed by atoms with van der Waals surface area (Å²) in [6.07, 6.45) is 12.0. The van der Waals surface area contributed by atoms with E-state index in [0.29, 0.717) is 5.41 Å². The van der Waals surface area contributed by atoms with Crippen LogP contribution in [0.1, 0.15) is 88.8 Å². The van der Waals surface area contributed by atoms with Gasteiger partial charge in [-0.25, -0.2) is 0 Å². The van der Waals surface area contributed by atoms with Crippen molar-refractivity contribution in [2.45, 2.75) is 78.6 Å². The monoisotopic (exact) mass is 324 g/mol. The zero-order valence-corrected chi connectivity index (χ0v) is 16.3. The standard InChI is InChI=1S/C22H30.C2H6/c1-4-16-7-9-18-17(14-16)8-10-20-19(18)12-13-22(5-2)15(3)6-11-21(20)22;1-2/h4,7,9,14-15,19-21H,1,5-6,8,10-13H2,2-3H3;1-2H3/t15-,19?,20?,21?,22+;/m0./s1. The molecule has 0 saturated heterocycles. The summed E-state index contributed by atoms with van der Waals surface area (Å²) >= 11 is 0. The third-order valence-electron chi connectivity index (χ3n) is 7.79. The van der Waals surface area contributed by atoms with Crippen molar-refractivity contribution >= 4 is 6.08 Å². The molecule has 3 aliphatic rings. The number of fused-ring (bicyclic) bond motifs is 5. The molecule has 0 heterocycles. The van der Waals surface area contributed by atoms with Gasteiger partial charge in [-0.05, 0) is 90.7 Å². The molecule has 132 valence electrons. The lowest BCUT2D eigenvalue weighted by Gasteiger charge is -2.52. The van der Waals surface area contributed by atoms with Gasteiger partial charge in [-0.1, -0.05) is 58.5 Å². The van der Waals surface area contributed by atoms with Gasteiger partial charge in [-0.3, -0.25) is 0 Å². The van der Waals surface area contributed by atoms with E-state index in [9.17, 15) is 0 Å². The van der Waals surface area contributed by atoms with Crippen LogP contribution in [-0.2, 0) is 6.42 Å². The minimum absolute atomic E-state index is 0.680. The quantitative estimate of drug-likeness (QED) is 0.538. The Morgan fingerprint density at radius 2 is 1.96 bits per heavy atom. The average Bonchev–Trinajstić information content (AvgIpc) is 2.99. The summed E-state index contributed by atoms with van der Waals surface area (Å²) in [6, 6.07) is 7.12. The van der Waals surface area contributed by atoms with E-state index in [1.165, 1.54) is 50.5 Å². The lowest BCUT2D eigenvalue weighted by Crippen LogP contribution is -2.43. The molecule has 0 spiro atoms. The number of hydrogen-bond donors (Lipinski definition) is 0. The van der Waals surface area contributed by atoms with Crippen molar-refractivity contribution in [2.24, 2.45) is 23.2 Å². The Labute approximate surface area is 149 Å². The highest BCUT2D eigenvalue weighted by Crippen LogP contribution is 2.64. The molecule has 3 aliphatic carbocycles. The van der Waals surface area contributed by atoms with Crippen LogP contribution in [0.3, 0.4) is 0 Å². The number of hydrogen-bond acceptors (Lipinski definition) is 0. The Kier molecular flexibility index (Phi) is 5.23. The van der Waals surface area contributed by atoms with Gasteiger partial charge < -0.3 is 0 Å². The predicted octanol–water partition coefficient (Wildman–Crippen LogP) is 7.24. The van der Waals surface area contributed by atoms with Crippen molar-refractivity contribution in [1.82, 2.24) is 0 Å². The van der Waals surface area contributed by atoms with Crippen LogP contribution in [-0.4, -0.2) is 0 Å². The van der Waals surface area contributed by atoms with Crippen LogP contribution in [0.25, 0.3) is 6.08 Å². The molecule has 4 rings (SSSR count). The zero-order valence-electron chi connectivity index (χ0n) is 16.3. The number of aryl methyl sites for hydroxylation is 1. The minimum Gasteiger partial charge on any atom is -0.0985 e. The van der Waals surface area contributed by atoms with Crippen molar-refractivity contribution in [3.8, 4) is 0 Å². The summed E-state index contributed by atoms with van der Waals surface area (Å²) in [5.74, 6) is 3.75. The Morgan fingerprint density at radius 3 is 2.67 bits per heavy atom. The fourth-order valence-electron chi connectivity index (χ4n) is 6.59. The van der Waals surface area contributed by atoms with Gasteiger partial charge in [0, 0.05) is 0 Å². The van der Waals surface area contributed by atoms with E-state index in [1.54, 1.807) is 11.1 Å². The van der Waals surface area contributed by atoms with Gasteiger partial charge in [0.1, 0.15) is 0 Å². The molecule has 1 aromatic rings. The lowest BCUT2D eigenvalue weighted by atomic mass is 9.53. The van der Waals surface area contributed by atoms with Gasteiger partial charge in [-0.15, -0.1) is 0 Å². The SMILES string of the molecule is C=Cc1ccc2c(c1)CCC1C2CC[C@@]2(CC)C1CC[C@@H]2C.CC. The molecule has 2 fully saturated rings. The Morgan fingerprint density at radius 1 is 1.17 bits per heavy atom. The fraction of sp³-hybridized carbons (Fsp3) is 0.667. The molecule has 0 aromatic heterocycles. The van der Waals surface area contributed by atoms with Crippen molar-refractivity contribution in [2.75, 3.05) is 0 Å². The van der Waals surface area contributed by atoms with Crippen molar-refractivity contribution in [3.63, 3.8) is 0 Å². The van der Waals surface area contributed by atoms with E-state index in [0.717, 1.165) is 23.7 Å². The third kappa shape index (κ3) is 2.57. The van der Waals surface area contributed by atoms with Crippen molar-refractivity contribution in [1.29, 1.82) is 0 Å². The van der Waals surface area contributed by atoms with Crippen LogP contribution in [0.15, 0.2) is 24.8 Å². The molecule has 3 unspecified atom stereocenters. The van der Waals surface area contributed by atoms with Crippen LogP contribution in [0.5, 0.6) is 0 Å². The second kappa shape index (κ2) is 7.06. The summed E-state index contributed by atoms with van der Waals surface area (Å²) in [4.78, 5) is 0. The molecule has 0 N–H and O–H groups in total. The molecule has 0 nitrogen and oxygen atoms in total. The van der Waals surface area contributed by atoms with Gasteiger partial charge in [0.2, 0.25) is 0 Å². The van der Waals surface area contributed by atoms with Crippen molar-refractivity contribution in [3.05, 3.63) is 41.5 Å². The van der Waals surface area contributed by atoms with E-state index >= 15 is 0 Å². The molecular weight excluding hydrogens is 288 g/mol. The van der Waals surface area contributed by atoms with Gasteiger partial charge in [0.05, 0.1) is 0 Å². The molecule has 2 saturated carbocycles. The zero-order chi connectivity index (χ0) is 17.3. The normalized spacial score (nSPS) is 36.7. The highest BCUT2D eigenvalue weighted by atomic mass is 14.6. The van der Waals surface area contributed by atoms with E-state index in [-0.39, 0.29) is 0 Å². The molecule has 0 bridgehead atoms. The molecule has 0 aliphatic heterocycles. The third-order valence-corrected chi connectivity index (χ3v) is 7.79. The topological polar surface area (TPSA) is 0 Å². The first-order valence-corrected chi connectivity index (χ1v) is 10.4. The summed E-state index contributed by atoms with van der Waals surface area (Å²) in [7, 11) is 0. The molecule has 5 atom stereocenters. The van der Waals surface area contributed by atoms with E-state index in [4.69, 9.17) is 0 Å². The average molecular weight is 325 g/mol. The molecule has 0 radical (unpaired) electrons. The summed E-state index contributed by atoms with van der Waals surface area (Å²) in [5.41, 5.74) is 5.28. The summed E-state index contributed by atoms with van der Waals surface area (Å²) in [5, 5.41) is 0. The Hall–Kier alpha value is -1.04. The van der Waals surface area contributed by atoms with Gasteiger partial charge in [-0.2, -0.15) is 0 Å².